The van der Waals surface area contributed by atoms with Crippen LogP contribution in [-0.2, 0) is 32.6 Å². The fourth-order valence-electron chi connectivity index (χ4n) is 4.41. The van der Waals surface area contributed by atoms with Crippen molar-refractivity contribution >= 4 is 50.7 Å². The van der Waals surface area contributed by atoms with Crippen molar-refractivity contribution in [1.82, 2.24) is 10.2 Å². The van der Waals surface area contributed by atoms with E-state index >= 15 is 0 Å². The Balaban J connectivity index is 1.79. The Morgan fingerprint density at radius 1 is 0.829 bits per heavy atom. The van der Waals surface area contributed by atoms with Gasteiger partial charge in [-0.2, -0.15) is 0 Å². The second-order valence-corrected chi connectivity index (χ2v) is 11.9. The van der Waals surface area contributed by atoms with Crippen molar-refractivity contribution in [2.75, 3.05) is 17.9 Å². The highest BCUT2D eigenvalue weighted by Gasteiger charge is 2.34. The normalized spacial score (nSPS) is 11.9. The Morgan fingerprint density at radius 3 is 2.10 bits per heavy atom. The Hall–Kier alpha value is -3.85. The van der Waals surface area contributed by atoms with Gasteiger partial charge in [-0.05, 0) is 47.5 Å². The van der Waals surface area contributed by atoms with Gasteiger partial charge in [0.25, 0.3) is 10.0 Å². The Morgan fingerprint density at radius 2 is 1.46 bits per heavy atom. The van der Waals surface area contributed by atoms with Crippen LogP contribution in [0, 0.1) is 0 Å². The summed E-state index contributed by atoms with van der Waals surface area (Å²) in [4.78, 5) is 28.9. The Labute approximate surface area is 250 Å². The lowest BCUT2D eigenvalue weighted by Crippen LogP contribution is -2.53. The molecule has 0 fully saturated rings. The summed E-state index contributed by atoms with van der Waals surface area (Å²) in [5.74, 6) is -0.983. The Kier molecular flexibility index (Phi) is 10.0. The van der Waals surface area contributed by atoms with Crippen LogP contribution in [0.25, 0.3) is 0 Å². The van der Waals surface area contributed by atoms with Crippen LogP contribution in [0.3, 0.4) is 0 Å². The standard InChI is InChI=1S/C31H29Cl2N3O4S/c1-34-31(38)29(19-23-11-4-2-5-12-23)35(21-24-13-8-9-18-28(24)33)30(37)22-36(26-15-10-14-25(32)20-26)41(39,40)27-16-6-3-7-17-27/h2-18,20,29H,19,21-22H2,1H3,(H,34,38)/t29-/m0/s1. The fraction of sp³-hybridized carbons (Fsp3) is 0.161. The molecule has 0 aliphatic carbocycles. The van der Waals surface area contributed by atoms with E-state index in [0.717, 1.165) is 9.87 Å². The molecule has 1 atom stereocenters. The zero-order chi connectivity index (χ0) is 29.4. The molecule has 4 aromatic rings. The second-order valence-electron chi connectivity index (χ2n) is 9.24. The average Bonchev–Trinajstić information content (AvgIpc) is 2.99. The molecule has 0 aromatic heterocycles. The van der Waals surface area contributed by atoms with Crippen molar-refractivity contribution in [2.24, 2.45) is 0 Å². The summed E-state index contributed by atoms with van der Waals surface area (Å²) in [5, 5.41) is 3.38. The first-order valence-corrected chi connectivity index (χ1v) is 15.0. The van der Waals surface area contributed by atoms with Gasteiger partial charge in [-0.25, -0.2) is 8.42 Å². The molecular formula is C31H29Cl2N3O4S. The third kappa shape index (κ3) is 7.47. The molecule has 0 aliphatic heterocycles. The Bertz CT molecular complexity index is 1600. The number of nitrogens with zero attached hydrogens (tertiary/aromatic N) is 2. The highest BCUT2D eigenvalue weighted by Crippen LogP contribution is 2.27. The van der Waals surface area contributed by atoms with Crippen molar-refractivity contribution in [3.05, 3.63) is 130 Å². The number of sulfonamides is 1. The molecule has 212 valence electrons. The number of anilines is 1. The summed E-state index contributed by atoms with van der Waals surface area (Å²) >= 11 is 12.7. The summed E-state index contributed by atoms with van der Waals surface area (Å²) < 4.78 is 28.8. The number of carbonyl (C=O) groups is 2. The molecule has 2 amide bonds. The van der Waals surface area contributed by atoms with Gasteiger partial charge in [0.05, 0.1) is 10.6 Å². The molecule has 0 bridgehead atoms. The maximum Gasteiger partial charge on any atom is 0.264 e. The van der Waals surface area contributed by atoms with E-state index < -0.39 is 34.4 Å². The van der Waals surface area contributed by atoms with E-state index in [0.29, 0.717) is 15.6 Å². The summed E-state index contributed by atoms with van der Waals surface area (Å²) in [5.41, 5.74) is 1.67. The topological polar surface area (TPSA) is 86.8 Å². The molecule has 0 radical (unpaired) electrons. The van der Waals surface area contributed by atoms with Gasteiger partial charge < -0.3 is 10.2 Å². The minimum Gasteiger partial charge on any atom is -0.357 e. The number of nitrogens with one attached hydrogen (secondary N) is 1. The number of hydrogen-bond acceptors (Lipinski definition) is 4. The first-order chi connectivity index (χ1) is 19.7. The van der Waals surface area contributed by atoms with Gasteiger partial charge in [0.2, 0.25) is 11.8 Å². The lowest BCUT2D eigenvalue weighted by molar-refractivity contribution is -0.139. The third-order valence-corrected chi connectivity index (χ3v) is 8.91. The summed E-state index contributed by atoms with van der Waals surface area (Å²) in [6.45, 7) is -0.595. The number of halogens is 2. The van der Waals surface area contributed by atoms with E-state index in [9.17, 15) is 18.0 Å². The molecule has 4 aromatic carbocycles. The van der Waals surface area contributed by atoms with E-state index in [1.807, 2.05) is 30.3 Å². The van der Waals surface area contributed by atoms with Crippen LogP contribution < -0.4 is 9.62 Å². The lowest BCUT2D eigenvalue weighted by atomic mass is 10.0. The van der Waals surface area contributed by atoms with E-state index in [-0.39, 0.29) is 23.5 Å². The first kappa shape index (κ1) is 30.1. The number of likely N-dealkylation sites (N-methyl/N-ethyl adjacent to an activating group) is 1. The van der Waals surface area contributed by atoms with Crippen LogP contribution in [0.2, 0.25) is 10.0 Å². The van der Waals surface area contributed by atoms with E-state index in [1.54, 1.807) is 60.7 Å². The molecule has 0 saturated carbocycles. The van der Waals surface area contributed by atoms with Gasteiger partial charge >= 0.3 is 0 Å². The predicted molar refractivity (Wildman–Crippen MR) is 162 cm³/mol. The van der Waals surface area contributed by atoms with Gasteiger partial charge in [-0.1, -0.05) is 96.0 Å². The molecule has 1 N–H and O–H groups in total. The first-order valence-electron chi connectivity index (χ1n) is 12.8. The van der Waals surface area contributed by atoms with Crippen molar-refractivity contribution < 1.29 is 18.0 Å². The molecule has 0 spiro atoms. The van der Waals surface area contributed by atoms with Gasteiger partial charge in [-0.3, -0.25) is 13.9 Å². The third-order valence-electron chi connectivity index (χ3n) is 6.52. The quantitative estimate of drug-likeness (QED) is 0.241. The van der Waals surface area contributed by atoms with Crippen LogP contribution in [0.4, 0.5) is 5.69 Å². The second kappa shape index (κ2) is 13.7. The maximum atomic E-state index is 14.2. The molecular weight excluding hydrogens is 581 g/mol. The minimum absolute atomic E-state index is 0.0116. The van der Waals surface area contributed by atoms with Crippen LogP contribution in [-0.4, -0.2) is 44.8 Å². The van der Waals surface area contributed by atoms with E-state index in [2.05, 4.69) is 5.32 Å². The van der Waals surface area contributed by atoms with Crippen LogP contribution in [0.15, 0.2) is 114 Å². The molecule has 7 nitrogen and oxygen atoms in total. The summed E-state index contributed by atoms with van der Waals surface area (Å²) in [6, 6.07) is 29.5. The van der Waals surface area contributed by atoms with Crippen LogP contribution in [0.5, 0.6) is 0 Å². The number of amides is 2. The van der Waals surface area contributed by atoms with Crippen LogP contribution in [0.1, 0.15) is 11.1 Å². The smallest absolute Gasteiger partial charge is 0.264 e. The number of carbonyl (C=O) groups excluding carboxylic acids is 2. The van der Waals surface area contributed by atoms with Gasteiger partial charge in [0, 0.05) is 30.1 Å². The highest BCUT2D eigenvalue weighted by atomic mass is 35.5. The van der Waals surface area contributed by atoms with Crippen molar-refractivity contribution in [2.45, 2.75) is 23.9 Å². The lowest BCUT2D eigenvalue weighted by Gasteiger charge is -2.33. The fourth-order valence-corrected chi connectivity index (χ4v) is 6.22. The predicted octanol–water partition coefficient (Wildman–Crippen LogP) is 5.57. The zero-order valence-corrected chi connectivity index (χ0v) is 24.6. The largest absolute Gasteiger partial charge is 0.357 e. The molecule has 4 rings (SSSR count). The van der Waals surface area contributed by atoms with Crippen LogP contribution >= 0.6 is 23.2 Å². The number of rotatable bonds is 11. The molecule has 0 heterocycles. The van der Waals surface area contributed by atoms with Crippen molar-refractivity contribution in [3.63, 3.8) is 0 Å². The highest BCUT2D eigenvalue weighted by molar-refractivity contribution is 7.92. The molecule has 41 heavy (non-hydrogen) atoms. The van der Waals surface area contributed by atoms with Gasteiger partial charge in [0.15, 0.2) is 0 Å². The summed E-state index contributed by atoms with van der Waals surface area (Å²) in [7, 11) is -2.69. The molecule has 0 aliphatic rings. The zero-order valence-electron chi connectivity index (χ0n) is 22.3. The van der Waals surface area contributed by atoms with Gasteiger partial charge in [-0.15, -0.1) is 0 Å². The maximum absolute atomic E-state index is 14.2. The van der Waals surface area contributed by atoms with Crippen molar-refractivity contribution in [1.29, 1.82) is 0 Å². The van der Waals surface area contributed by atoms with Gasteiger partial charge in [0.1, 0.15) is 12.6 Å². The SMILES string of the molecule is CNC(=O)[C@H](Cc1ccccc1)N(Cc1ccccc1Cl)C(=O)CN(c1cccc(Cl)c1)S(=O)(=O)c1ccccc1. The summed E-state index contributed by atoms with van der Waals surface area (Å²) in [6.07, 6.45) is 0.208. The average molecular weight is 611 g/mol. The van der Waals surface area contributed by atoms with E-state index in [4.69, 9.17) is 23.2 Å². The van der Waals surface area contributed by atoms with E-state index in [1.165, 1.54) is 30.1 Å². The monoisotopic (exact) mass is 609 g/mol. The number of hydrogen-bond donors (Lipinski definition) is 1. The minimum atomic E-state index is -4.19. The number of benzene rings is 4. The molecule has 0 saturated heterocycles. The van der Waals surface area contributed by atoms with Crippen molar-refractivity contribution in [3.8, 4) is 0 Å². The molecule has 0 unspecified atom stereocenters. The molecule has 10 heteroatoms.